The minimum absolute atomic E-state index is 0.451. The van der Waals surface area contributed by atoms with Crippen molar-refractivity contribution >= 4 is 5.97 Å². The van der Waals surface area contributed by atoms with Gasteiger partial charge in [0.25, 0.3) is 0 Å². The lowest BCUT2D eigenvalue weighted by atomic mass is 9.76. The highest BCUT2D eigenvalue weighted by Crippen LogP contribution is 2.39. The maximum absolute atomic E-state index is 11.5. The van der Waals surface area contributed by atoms with Crippen molar-refractivity contribution in [1.29, 1.82) is 0 Å². The second-order valence-corrected chi connectivity index (χ2v) is 4.80. The van der Waals surface area contributed by atoms with E-state index in [2.05, 4.69) is 0 Å². The van der Waals surface area contributed by atoms with Gasteiger partial charge >= 0.3 is 5.97 Å². The first-order valence-corrected chi connectivity index (χ1v) is 6.52. The van der Waals surface area contributed by atoms with Gasteiger partial charge in [-0.3, -0.25) is 4.79 Å². The maximum atomic E-state index is 11.5. The predicted octanol–water partition coefficient (Wildman–Crippen LogP) is 3.23. The molecular weight excluding hydrogens is 204 g/mol. The van der Waals surface area contributed by atoms with Crippen molar-refractivity contribution < 1.29 is 14.6 Å². The number of ether oxygens (including phenoxy) is 1. The summed E-state index contributed by atoms with van der Waals surface area (Å²) in [7, 11) is 0. The molecule has 0 atom stereocenters. The number of hydrogen-bond donors (Lipinski definition) is 1. The van der Waals surface area contributed by atoms with Gasteiger partial charge in [0.05, 0.1) is 5.41 Å². The van der Waals surface area contributed by atoms with E-state index >= 15 is 0 Å². The number of aliphatic carboxylic acids is 1. The molecule has 0 heterocycles. The largest absolute Gasteiger partial charge is 0.481 e. The third kappa shape index (κ3) is 3.78. The average Bonchev–Trinajstić information content (AvgIpc) is 2.51. The summed E-state index contributed by atoms with van der Waals surface area (Å²) < 4.78 is 5.29. The predicted molar refractivity (Wildman–Crippen MR) is 63.5 cm³/mol. The second-order valence-electron chi connectivity index (χ2n) is 4.80. The molecule has 0 aromatic rings. The van der Waals surface area contributed by atoms with E-state index in [1.807, 2.05) is 6.92 Å². The Labute approximate surface area is 98.2 Å². The highest BCUT2D eigenvalue weighted by molar-refractivity contribution is 5.74. The van der Waals surface area contributed by atoms with E-state index in [0.717, 1.165) is 45.1 Å². The molecule has 0 amide bonds. The molecule has 0 spiro atoms. The van der Waals surface area contributed by atoms with Crippen LogP contribution in [0.1, 0.15) is 58.3 Å². The van der Waals surface area contributed by atoms with Crippen LogP contribution in [0.4, 0.5) is 0 Å². The quantitative estimate of drug-likeness (QED) is 0.561. The topological polar surface area (TPSA) is 46.5 Å². The fourth-order valence-corrected chi connectivity index (χ4v) is 2.63. The highest BCUT2D eigenvalue weighted by Gasteiger charge is 2.37. The number of rotatable bonds is 6. The lowest BCUT2D eigenvalue weighted by Crippen LogP contribution is -2.30. The molecule has 1 saturated carbocycles. The maximum Gasteiger partial charge on any atom is 0.309 e. The van der Waals surface area contributed by atoms with Crippen LogP contribution < -0.4 is 0 Å². The van der Waals surface area contributed by atoms with Gasteiger partial charge in [0.1, 0.15) is 0 Å². The number of carbonyl (C=O) groups is 1. The lowest BCUT2D eigenvalue weighted by Gasteiger charge is -2.27. The molecular formula is C13H24O3. The van der Waals surface area contributed by atoms with E-state index in [9.17, 15) is 9.90 Å². The van der Waals surface area contributed by atoms with Crippen LogP contribution in [0.15, 0.2) is 0 Å². The summed E-state index contributed by atoms with van der Waals surface area (Å²) in [5, 5.41) is 9.43. The summed E-state index contributed by atoms with van der Waals surface area (Å²) in [4.78, 5) is 11.5. The second kappa shape index (κ2) is 6.89. The third-order valence-electron chi connectivity index (χ3n) is 3.66. The SMILES string of the molecule is CCOCCCC1(C(=O)O)CCCCCC1. The van der Waals surface area contributed by atoms with E-state index in [0.29, 0.717) is 6.61 Å². The summed E-state index contributed by atoms with van der Waals surface area (Å²) in [6.07, 6.45) is 7.90. The molecule has 0 bridgehead atoms. The number of hydrogen-bond acceptors (Lipinski definition) is 2. The van der Waals surface area contributed by atoms with Crippen molar-refractivity contribution in [1.82, 2.24) is 0 Å². The van der Waals surface area contributed by atoms with Crippen molar-refractivity contribution in [3.05, 3.63) is 0 Å². The molecule has 1 rings (SSSR count). The molecule has 0 aromatic heterocycles. The van der Waals surface area contributed by atoms with E-state index < -0.39 is 11.4 Å². The first-order valence-electron chi connectivity index (χ1n) is 6.52. The molecule has 16 heavy (non-hydrogen) atoms. The van der Waals surface area contributed by atoms with E-state index in [1.165, 1.54) is 12.8 Å². The summed E-state index contributed by atoms with van der Waals surface area (Å²) in [5.41, 5.74) is -0.451. The van der Waals surface area contributed by atoms with Gasteiger partial charge < -0.3 is 9.84 Å². The molecule has 0 saturated heterocycles. The Morgan fingerprint density at radius 2 is 1.88 bits per heavy atom. The molecule has 1 fully saturated rings. The zero-order valence-corrected chi connectivity index (χ0v) is 10.3. The lowest BCUT2D eigenvalue weighted by molar-refractivity contribution is -0.150. The van der Waals surface area contributed by atoms with Gasteiger partial charge in [-0.25, -0.2) is 0 Å². The fourth-order valence-electron chi connectivity index (χ4n) is 2.63. The first kappa shape index (κ1) is 13.5. The molecule has 1 aliphatic carbocycles. The summed E-state index contributed by atoms with van der Waals surface area (Å²) in [6, 6.07) is 0. The molecule has 0 radical (unpaired) electrons. The Balaban J connectivity index is 2.46. The monoisotopic (exact) mass is 228 g/mol. The molecule has 3 heteroatoms. The average molecular weight is 228 g/mol. The van der Waals surface area contributed by atoms with E-state index in [-0.39, 0.29) is 0 Å². The van der Waals surface area contributed by atoms with Crippen molar-refractivity contribution in [3.8, 4) is 0 Å². The van der Waals surface area contributed by atoms with Gasteiger partial charge in [0.2, 0.25) is 0 Å². The fraction of sp³-hybridized carbons (Fsp3) is 0.923. The Morgan fingerprint density at radius 1 is 1.25 bits per heavy atom. The Hall–Kier alpha value is -0.570. The van der Waals surface area contributed by atoms with Crippen molar-refractivity contribution in [3.63, 3.8) is 0 Å². The van der Waals surface area contributed by atoms with E-state index in [1.54, 1.807) is 0 Å². The standard InChI is InChI=1S/C13H24O3/c1-2-16-11-7-10-13(12(14)15)8-5-3-4-6-9-13/h2-11H2,1H3,(H,14,15). The third-order valence-corrected chi connectivity index (χ3v) is 3.66. The van der Waals surface area contributed by atoms with E-state index in [4.69, 9.17) is 4.74 Å². The zero-order valence-electron chi connectivity index (χ0n) is 10.3. The minimum atomic E-state index is -0.592. The normalized spacial score (nSPS) is 20.3. The van der Waals surface area contributed by atoms with Crippen LogP contribution in [-0.2, 0) is 9.53 Å². The van der Waals surface area contributed by atoms with Crippen molar-refractivity contribution in [2.45, 2.75) is 58.3 Å². The van der Waals surface area contributed by atoms with Gasteiger partial charge in [-0.05, 0) is 32.6 Å². The van der Waals surface area contributed by atoms with Crippen LogP contribution >= 0.6 is 0 Å². The van der Waals surface area contributed by atoms with Gasteiger partial charge in [0.15, 0.2) is 0 Å². The molecule has 3 nitrogen and oxygen atoms in total. The molecule has 0 aromatic carbocycles. The summed E-state index contributed by atoms with van der Waals surface area (Å²) >= 11 is 0. The van der Waals surface area contributed by atoms with Crippen molar-refractivity contribution in [2.24, 2.45) is 5.41 Å². The summed E-state index contributed by atoms with van der Waals surface area (Å²) in [5.74, 6) is -0.592. The Bertz CT molecular complexity index is 205. The van der Waals surface area contributed by atoms with Crippen LogP contribution in [0.2, 0.25) is 0 Å². The summed E-state index contributed by atoms with van der Waals surface area (Å²) in [6.45, 7) is 3.39. The molecule has 0 unspecified atom stereocenters. The van der Waals surface area contributed by atoms with Gasteiger partial charge in [-0.15, -0.1) is 0 Å². The van der Waals surface area contributed by atoms with Crippen LogP contribution in [0, 0.1) is 5.41 Å². The number of carboxylic acids is 1. The van der Waals surface area contributed by atoms with Crippen LogP contribution in [0.5, 0.6) is 0 Å². The smallest absolute Gasteiger partial charge is 0.309 e. The van der Waals surface area contributed by atoms with Crippen LogP contribution in [-0.4, -0.2) is 24.3 Å². The van der Waals surface area contributed by atoms with Gasteiger partial charge in [-0.2, -0.15) is 0 Å². The first-order chi connectivity index (χ1) is 7.71. The minimum Gasteiger partial charge on any atom is -0.481 e. The van der Waals surface area contributed by atoms with Gasteiger partial charge in [0, 0.05) is 13.2 Å². The van der Waals surface area contributed by atoms with Gasteiger partial charge in [-0.1, -0.05) is 25.7 Å². The zero-order chi connectivity index (χ0) is 11.9. The van der Waals surface area contributed by atoms with Crippen LogP contribution in [0.25, 0.3) is 0 Å². The Morgan fingerprint density at radius 3 is 2.38 bits per heavy atom. The highest BCUT2D eigenvalue weighted by atomic mass is 16.5. The van der Waals surface area contributed by atoms with Crippen LogP contribution in [0.3, 0.4) is 0 Å². The number of carboxylic acid groups (broad SMARTS) is 1. The Kier molecular flexibility index (Phi) is 5.81. The van der Waals surface area contributed by atoms with Crippen molar-refractivity contribution in [2.75, 3.05) is 13.2 Å². The molecule has 0 aliphatic heterocycles. The molecule has 1 aliphatic rings. The molecule has 1 N–H and O–H groups in total. The molecule has 94 valence electrons.